The molecule has 2 N–H and O–H groups in total. The van der Waals surface area contributed by atoms with Crippen molar-refractivity contribution in [2.24, 2.45) is 5.41 Å². The summed E-state index contributed by atoms with van der Waals surface area (Å²) < 4.78 is 10.7. The molecule has 0 aliphatic carbocycles. The smallest absolute Gasteiger partial charge is 0.319 e. The van der Waals surface area contributed by atoms with E-state index in [2.05, 4.69) is 0 Å². The van der Waals surface area contributed by atoms with Gasteiger partial charge in [-0.05, 0) is 6.42 Å². The van der Waals surface area contributed by atoms with Crippen LogP contribution in [0.15, 0.2) is 0 Å². The Morgan fingerprint density at radius 2 is 1.85 bits per heavy atom. The minimum Gasteiger partial charge on any atom is -0.319 e. The zero-order valence-electron chi connectivity index (χ0n) is 8.28. The maximum atomic E-state index is 11.2. The molecule has 0 unspecified atom stereocenters. The van der Waals surface area contributed by atoms with Gasteiger partial charge in [-0.25, -0.2) is 0 Å². The summed E-state index contributed by atoms with van der Waals surface area (Å²) in [6, 6.07) is 0. The van der Waals surface area contributed by atoms with Gasteiger partial charge in [0.25, 0.3) is 0 Å². The summed E-state index contributed by atoms with van der Waals surface area (Å²) in [7, 11) is -4.56. The summed E-state index contributed by atoms with van der Waals surface area (Å²) in [5.41, 5.74) is -1.86. The molecule has 0 atom stereocenters. The maximum absolute atomic E-state index is 11.2. The molecule has 0 aromatic heterocycles. The Hall–Kier alpha value is -0.180. The van der Waals surface area contributed by atoms with Gasteiger partial charge in [0.2, 0.25) is 5.52 Å². The third-order valence-corrected chi connectivity index (χ3v) is 3.13. The van der Waals surface area contributed by atoms with E-state index in [9.17, 15) is 9.36 Å². The predicted molar refractivity (Wildman–Crippen MR) is 50.4 cm³/mol. The number of hydrogen-bond acceptors (Lipinski definition) is 2. The fourth-order valence-electron chi connectivity index (χ4n) is 1.12. The van der Waals surface area contributed by atoms with Gasteiger partial charge in [-0.15, -0.1) is 0 Å². The first-order valence-corrected chi connectivity index (χ1v) is 5.93. The van der Waals surface area contributed by atoms with Crippen molar-refractivity contribution in [2.45, 2.75) is 40.0 Å². The van der Waals surface area contributed by atoms with Crippen molar-refractivity contribution in [2.75, 3.05) is 0 Å². The number of hydrogen-bond donors (Lipinski definition) is 2. The van der Waals surface area contributed by atoms with Crippen LogP contribution in [-0.2, 0) is 9.36 Å². The lowest BCUT2D eigenvalue weighted by atomic mass is 9.89. The van der Waals surface area contributed by atoms with Gasteiger partial charge in [0.1, 0.15) is 0 Å². The first-order chi connectivity index (χ1) is 5.72. The Labute approximate surface area is 78.5 Å². The second-order valence-electron chi connectivity index (χ2n) is 3.84. The van der Waals surface area contributed by atoms with E-state index >= 15 is 0 Å². The van der Waals surface area contributed by atoms with Gasteiger partial charge in [0.05, 0.1) is 0 Å². The van der Waals surface area contributed by atoms with Crippen LogP contribution in [-0.4, -0.2) is 15.3 Å². The van der Waals surface area contributed by atoms with E-state index < -0.39 is 18.5 Å². The number of unbranched alkanes of at least 4 members (excludes halogenated alkanes) is 1. The van der Waals surface area contributed by atoms with Gasteiger partial charge in [-0.3, -0.25) is 9.36 Å². The van der Waals surface area contributed by atoms with Crippen molar-refractivity contribution in [3.63, 3.8) is 0 Å². The second kappa shape index (κ2) is 4.36. The third kappa shape index (κ3) is 4.03. The van der Waals surface area contributed by atoms with Crippen molar-refractivity contribution in [3.8, 4) is 0 Å². The van der Waals surface area contributed by atoms with Gasteiger partial charge in [0, 0.05) is 5.41 Å². The van der Waals surface area contributed by atoms with Crippen molar-refractivity contribution in [1.82, 2.24) is 0 Å². The molecule has 13 heavy (non-hydrogen) atoms. The Kier molecular flexibility index (Phi) is 4.30. The molecule has 0 aromatic rings. The fraction of sp³-hybridized carbons (Fsp3) is 0.875. The molecule has 0 aliphatic heterocycles. The van der Waals surface area contributed by atoms with Gasteiger partial charge in [-0.2, -0.15) is 0 Å². The summed E-state index contributed by atoms with van der Waals surface area (Å²) in [6.45, 7) is 5.12. The van der Waals surface area contributed by atoms with Crippen LogP contribution in [0.2, 0.25) is 0 Å². The highest BCUT2D eigenvalue weighted by Gasteiger charge is 2.39. The molecule has 0 aromatic carbocycles. The summed E-state index contributed by atoms with van der Waals surface area (Å²) in [6.07, 6.45) is 2.24. The normalized spacial score (nSPS) is 13.0. The molecule has 4 nitrogen and oxygen atoms in total. The van der Waals surface area contributed by atoms with Crippen LogP contribution in [0.4, 0.5) is 0 Å². The zero-order chi connectivity index (χ0) is 10.7. The molecule has 0 amide bonds. The Bertz CT molecular complexity index is 228. The highest BCUT2D eigenvalue weighted by molar-refractivity contribution is 7.70. The van der Waals surface area contributed by atoms with E-state index in [1.54, 1.807) is 13.8 Å². The minimum absolute atomic E-state index is 0.521. The van der Waals surface area contributed by atoms with E-state index in [1.165, 1.54) is 0 Å². The zero-order valence-corrected chi connectivity index (χ0v) is 9.17. The first-order valence-electron chi connectivity index (χ1n) is 4.32. The molecule has 0 aliphatic rings. The third-order valence-electron chi connectivity index (χ3n) is 2.00. The van der Waals surface area contributed by atoms with E-state index in [4.69, 9.17) is 9.79 Å². The number of carbonyl (C=O) groups is 1. The molecule has 0 heterocycles. The molecule has 0 spiro atoms. The largest absolute Gasteiger partial charge is 0.392 e. The molecule has 0 saturated carbocycles. The van der Waals surface area contributed by atoms with Crippen LogP contribution in [0.5, 0.6) is 0 Å². The van der Waals surface area contributed by atoms with E-state index in [0.717, 1.165) is 12.8 Å². The lowest BCUT2D eigenvalue weighted by molar-refractivity contribution is -0.121. The quantitative estimate of drug-likeness (QED) is 0.676. The number of carbonyl (C=O) groups excluding carboxylic acids is 1. The van der Waals surface area contributed by atoms with E-state index in [-0.39, 0.29) is 0 Å². The number of rotatable bonds is 5. The van der Waals surface area contributed by atoms with Crippen molar-refractivity contribution < 1.29 is 19.1 Å². The standard InChI is InChI=1S/C8H17O4P/c1-4-5-6-8(2,3)7(9)13(10,11)12/h4-6H2,1-3H3,(H2,10,11,12). The summed E-state index contributed by atoms with van der Waals surface area (Å²) >= 11 is 0. The summed E-state index contributed by atoms with van der Waals surface area (Å²) in [5.74, 6) is 0. The van der Waals surface area contributed by atoms with Crippen LogP contribution < -0.4 is 0 Å². The monoisotopic (exact) mass is 208 g/mol. The van der Waals surface area contributed by atoms with Crippen LogP contribution in [0.3, 0.4) is 0 Å². The van der Waals surface area contributed by atoms with E-state index in [1.807, 2.05) is 6.92 Å². The maximum Gasteiger partial charge on any atom is 0.392 e. The molecule has 78 valence electrons. The molecular formula is C8H17O4P. The average molecular weight is 208 g/mol. The summed E-state index contributed by atoms with van der Waals surface area (Å²) in [4.78, 5) is 28.6. The predicted octanol–water partition coefficient (Wildman–Crippen LogP) is 1.91. The minimum atomic E-state index is -4.56. The average Bonchev–Trinajstić information content (AvgIpc) is 1.98. The van der Waals surface area contributed by atoms with Crippen LogP contribution in [0, 0.1) is 5.41 Å². The van der Waals surface area contributed by atoms with Gasteiger partial charge >= 0.3 is 7.60 Å². The highest BCUT2D eigenvalue weighted by atomic mass is 31.2. The van der Waals surface area contributed by atoms with Gasteiger partial charge in [-0.1, -0.05) is 33.6 Å². The second-order valence-corrected chi connectivity index (χ2v) is 5.33. The molecule has 0 bridgehead atoms. The lowest BCUT2D eigenvalue weighted by Crippen LogP contribution is -2.23. The van der Waals surface area contributed by atoms with Crippen molar-refractivity contribution in [3.05, 3.63) is 0 Å². The molecule has 0 rings (SSSR count). The van der Waals surface area contributed by atoms with Crippen molar-refractivity contribution in [1.29, 1.82) is 0 Å². The SMILES string of the molecule is CCCCC(C)(C)C(=O)P(=O)(O)O. The van der Waals surface area contributed by atoms with Crippen LogP contribution >= 0.6 is 7.60 Å². The van der Waals surface area contributed by atoms with E-state index in [0.29, 0.717) is 6.42 Å². The molecular weight excluding hydrogens is 191 g/mol. The Morgan fingerprint density at radius 1 is 1.38 bits per heavy atom. The lowest BCUT2D eigenvalue weighted by Gasteiger charge is -2.22. The van der Waals surface area contributed by atoms with Gasteiger partial charge in [0.15, 0.2) is 0 Å². The first kappa shape index (κ1) is 12.8. The fourth-order valence-corrected chi connectivity index (χ4v) is 2.02. The van der Waals surface area contributed by atoms with Gasteiger partial charge < -0.3 is 9.79 Å². The topological polar surface area (TPSA) is 74.6 Å². The van der Waals surface area contributed by atoms with Crippen LogP contribution in [0.25, 0.3) is 0 Å². The van der Waals surface area contributed by atoms with Crippen LogP contribution in [0.1, 0.15) is 40.0 Å². The molecule has 0 fully saturated rings. The highest BCUT2D eigenvalue weighted by Crippen LogP contribution is 2.45. The molecule has 0 radical (unpaired) electrons. The Morgan fingerprint density at radius 3 is 2.15 bits per heavy atom. The molecule has 5 heteroatoms. The summed E-state index contributed by atoms with van der Waals surface area (Å²) in [5, 5.41) is 0. The Balaban J connectivity index is 4.46. The molecule has 0 saturated heterocycles. The van der Waals surface area contributed by atoms with Crippen molar-refractivity contribution >= 4 is 13.1 Å².